The van der Waals surface area contributed by atoms with Crippen LogP contribution in [-0.2, 0) is 28.6 Å². The summed E-state index contributed by atoms with van der Waals surface area (Å²) >= 11 is 0. The molecular weight excluding hydrogens is 763 g/mol. The molecule has 0 aromatic carbocycles. The van der Waals surface area contributed by atoms with Gasteiger partial charge in [0, 0.05) is 19.3 Å². The number of hydrogen-bond acceptors (Lipinski definition) is 7. The second kappa shape index (κ2) is 43.9. The van der Waals surface area contributed by atoms with Crippen LogP contribution < -0.4 is 5.11 Å². The highest BCUT2D eigenvalue weighted by Crippen LogP contribution is 2.16. The summed E-state index contributed by atoms with van der Waals surface area (Å²) in [5.74, 6) is -1.73. The molecule has 8 heteroatoms. The monoisotopic (exact) mass is 858 g/mol. The zero-order valence-corrected chi connectivity index (χ0v) is 40.3. The molecule has 2 atom stereocenters. The number of hydrogen-bond donors (Lipinski definition) is 0. The van der Waals surface area contributed by atoms with E-state index in [1.54, 1.807) is 21.1 Å². The number of nitrogens with zero attached hydrogens (tertiary/aromatic N) is 1. The number of carboxylic acid groups (broad SMARTS) is 1. The molecule has 0 aliphatic rings. The highest BCUT2D eigenvalue weighted by molar-refractivity contribution is 5.70. The number of ether oxygens (including phenoxy) is 3. The lowest BCUT2D eigenvalue weighted by atomic mass is 10.0. The van der Waals surface area contributed by atoms with Crippen molar-refractivity contribution in [1.29, 1.82) is 0 Å². The number of carboxylic acids is 1. The van der Waals surface area contributed by atoms with Crippen molar-refractivity contribution in [3.63, 3.8) is 0 Å². The summed E-state index contributed by atoms with van der Waals surface area (Å²) in [6.45, 7) is 4.57. The van der Waals surface area contributed by atoms with E-state index in [4.69, 9.17) is 14.2 Å². The molecule has 0 N–H and O–H groups in total. The molecule has 0 saturated carbocycles. The van der Waals surface area contributed by atoms with Crippen molar-refractivity contribution in [2.45, 2.75) is 231 Å². The Kier molecular flexibility index (Phi) is 42.0. The number of unbranched alkanes of at least 4 members (excludes halogenated alkanes) is 23. The van der Waals surface area contributed by atoms with Gasteiger partial charge in [-0.2, -0.15) is 0 Å². The molecule has 0 saturated heterocycles. The van der Waals surface area contributed by atoms with Crippen molar-refractivity contribution in [3.8, 4) is 0 Å². The molecule has 0 aliphatic heterocycles. The van der Waals surface area contributed by atoms with Gasteiger partial charge in [0.25, 0.3) is 0 Å². The van der Waals surface area contributed by atoms with Crippen molar-refractivity contribution in [1.82, 2.24) is 0 Å². The molecular formula is C53H95NO7. The molecule has 2 unspecified atom stereocenters. The van der Waals surface area contributed by atoms with Gasteiger partial charge in [0.15, 0.2) is 6.10 Å². The lowest BCUT2D eigenvalue weighted by Gasteiger charge is -2.34. The topological polar surface area (TPSA) is 102 Å². The Morgan fingerprint density at radius 3 is 1.36 bits per heavy atom. The van der Waals surface area contributed by atoms with E-state index in [2.05, 4.69) is 62.5 Å². The van der Waals surface area contributed by atoms with Crippen molar-refractivity contribution in [3.05, 3.63) is 48.6 Å². The largest absolute Gasteiger partial charge is 0.544 e. The molecule has 0 heterocycles. The first-order chi connectivity index (χ1) is 29.6. The van der Waals surface area contributed by atoms with E-state index in [1.165, 1.54) is 116 Å². The number of allylic oxidation sites excluding steroid dienone is 8. The Morgan fingerprint density at radius 2 is 0.918 bits per heavy atom. The fourth-order valence-corrected chi connectivity index (χ4v) is 7.36. The van der Waals surface area contributed by atoms with Gasteiger partial charge in [-0.05, 0) is 51.4 Å². The minimum absolute atomic E-state index is 0.0400. The van der Waals surface area contributed by atoms with E-state index in [1.807, 2.05) is 0 Å². The number of carbonyl (C=O) groups excluding carboxylic acids is 3. The van der Waals surface area contributed by atoms with E-state index in [9.17, 15) is 19.5 Å². The van der Waals surface area contributed by atoms with Crippen LogP contribution in [0, 0.1) is 0 Å². The molecule has 8 nitrogen and oxygen atoms in total. The normalized spacial score (nSPS) is 13.3. The molecule has 61 heavy (non-hydrogen) atoms. The Labute approximate surface area is 376 Å². The number of likely N-dealkylation sites (N-methyl/N-ethyl adjacent to an activating group) is 1. The van der Waals surface area contributed by atoms with Crippen LogP contribution in [0.1, 0.15) is 219 Å². The van der Waals surface area contributed by atoms with Gasteiger partial charge in [0.05, 0.1) is 40.3 Å². The molecule has 0 bridgehead atoms. The Morgan fingerprint density at radius 1 is 0.508 bits per heavy atom. The van der Waals surface area contributed by atoms with Gasteiger partial charge in [-0.15, -0.1) is 0 Å². The molecule has 0 amide bonds. The molecule has 0 aromatic rings. The predicted molar refractivity (Wildman–Crippen MR) is 254 cm³/mol. The maximum Gasteiger partial charge on any atom is 0.306 e. The number of quaternary nitrogens is 1. The third-order valence-corrected chi connectivity index (χ3v) is 11.2. The maximum atomic E-state index is 12.8. The number of aliphatic carboxylic acids is 1. The van der Waals surface area contributed by atoms with Gasteiger partial charge in [-0.1, -0.05) is 197 Å². The van der Waals surface area contributed by atoms with E-state index in [-0.39, 0.29) is 42.7 Å². The zero-order valence-electron chi connectivity index (χ0n) is 40.3. The third-order valence-electron chi connectivity index (χ3n) is 11.2. The van der Waals surface area contributed by atoms with Crippen LogP contribution in [0.15, 0.2) is 48.6 Å². The quantitative estimate of drug-likeness (QED) is 0.0260. The molecule has 0 aromatic heterocycles. The van der Waals surface area contributed by atoms with E-state index in [0.29, 0.717) is 12.8 Å². The van der Waals surface area contributed by atoms with Gasteiger partial charge in [-0.3, -0.25) is 9.59 Å². The van der Waals surface area contributed by atoms with Crippen molar-refractivity contribution >= 4 is 17.9 Å². The van der Waals surface area contributed by atoms with E-state index < -0.39 is 18.1 Å². The maximum absolute atomic E-state index is 12.8. The summed E-state index contributed by atoms with van der Waals surface area (Å²) < 4.78 is 17.2. The summed E-state index contributed by atoms with van der Waals surface area (Å²) in [4.78, 5) is 37.0. The van der Waals surface area contributed by atoms with Crippen LogP contribution in [-0.4, -0.2) is 75.5 Å². The van der Waals surface area contributed by atoms with E-state index in [0.717, 1.165) is 70.6 Å². The van der Waals surface area contributed by atoms with Crippen molar-refractivity contribution in [2.75, 3.05) is 41.0 Å². The number of rotatable bonds is 45. The molecule has 0 rings (SSSR count). The molecule has 0 radical (unpaired) electrons. The average molecular weight is 858 g/mol. The van der Waals surface area contributed by atoms with Crippen LogP contribution in [0.25, 0.3) is 0 Å². The Balaban J connectivity index is 4.25. The van der Waals surface area contributed by atoms with Crippen LogP contribution in [0.4, 0.5) is 0 Å². The lowest BCUT2D eigenvalue weighted by molar-refractivity contribution is -0.889. The average Bonchev–Trinajstić information content (AvgIpc) is 3.22. The van der Waals surface area contributed by atoms with Gasteiger partial charge in [-0.25, -0.2) is 0 Å². The first-order valence-electron chi connectivity index (χ1n) is 25.2. The van der Waals surface area contributed by atoms with Gasteiger partial charge in [0.1, 0.15) is 12.6 Å². The Bertz CT molecular complexity index is 1140. The third kappa shape index (κ3) is 42.4. The minimum Gasteiger partial charge on any atom is -0.544 e. The SMILES string of the molecule is CC/C=C/C/C=C/C/C=C/C/C=C/CCCCCCCCCCCC(=O)OC(COCCC(C(=O)[O-])[N+](C)(C)C)COC(=O)CCCCCCCCCCCCCCCCC. The summed E-state index contributed by atoms with van der Waals surface area (Å²) in [5.41, 5.74) is 0. The second-order valence-corrected chi connectivity index (χ2v) is 18.0. The molecule has 0 aliphatic carbocycles. The second-order valence-electron chi connectivity index (χ2n) is 18.0. The van der Waals surface area contributed by atoms with Crippen LogP contribution >= 0.6 is 0 Å². The summed E-state index contributed by atoms with van der Waals surface area (Å²) in [6, 6.07) is -0.727. The number of esters is 2. The van der Waals surface area contributed by atoms with Crippen molar-refractivity contribution in [2.24, 2.45) is 0 Å². The molecule has 354 valence electrons. The minimum atomic E-state index is -1.12. The summed E-state index contributed by atoms with van der Waals surface area (Å²) in [6.07, 6.45) is 52.8. The number of carbonyl (C=O) groups is 3. The summed E-state index contributed by atoms with van der Waals surface area (Å²) in [5, 5.41) is 11.7. The first-order valence-corrected chi connectivity index (χ1v) is 25.2. The fraction of sp³-hybridized carbons (Fsp3) is 0.792. The lowest BCUT2D eigenvalue weighted by Crippen LogP contribution is -2.55. The van der Waals surface area contributed by atoms with Crippen molar-refractivity contribution < 1.29 is 38.2 Å². The fourth-order valence-electron chi connectivity index (χ4n) is 7.36. The highest BCUT2D eigenvalue weighted by atomic mass is 16.6. The van der Waals surface area contributed by atoms with Crippen LogP contribution in [0.3, 0.4) is 0 Å². The van der Waals surface area contributed by atoms with Gasteiger partial charge < -0.3 is 28.6 Å². The summed E-state index contributed by atoms with van der Waals surface area (Å²) in [7, 11) is 5.41. The molecule has 0 spiro atoms. The van der Waals surface area contributed by atoms with Crippen LogP contribution in [0.5, 0.6) is 0 Å². The molecule has 0 fully saturated rings. The first kappa shape index (κ1) is 58.3. The van der Waals surface area contributed by atoms with Crippen LogP contribution in [0.2, 0.25) is 0 Å². The zero-order chi connectivity index (χ0) is 44.9. The smallest absolute Gasteiger partial charge is 0.306 e. The predicted octanol–water partition coefficient (Wildman–Crippen LogP) is 13.0. The Hall–Kier alpha value is -2.71. The standard InChI is InChI=1S/C53H95NO7/c1-6-8-10-12-14-16-18-20-22-23-24-25-26-27-28-30-32-34-36-38-40-42-44-52(56)61-49(47-59-46-45-50(53(57)58)54(3,4)5)48-60-51(55)43-41-39-37-35-33-31-29-21-19-17-15-13-11-9-7-2/h8,10,14,16,20,22,24-25,49-50H,6-7,9,11-13,15,17-19,21,23,26-48H2,1-5H3/b10-8+,16-14+,22-20+,25-24+. The van der Waals surface area contributed by atoms with Gasteiger partial charge >= 0.3 is 11.9 Å². The van der Waals surface area contributed by atoms with Gasteiger partial charge in [0.2, 0.25) is 0 Å². The van der Waals surface area contributed by atoms with E-state index >= 15 is 0 Å². The highest BCUT2D eigenvalue weighted by Gasteiger charge is 2.25.